The van der Waals surface area contributed by atoms with Crippen LogP contribution in [0, 0.1) is 0 Å². The Balaban J connectivity index is 1.70. The van der Waals surface area contributed by atoms with Crippen LogP contribution >= 0.6 is 0 Å². The summed E-state index contributed by atoms with van der Waals surface area (Å²) in [5.74, 6) is 0.0418. The number of hydrogen-bond acceptors (Lipinski definition) is 2. The molecule has 3 fully saturated rings. The minimum Gasteiger partial charge on any atom is -0.323 e. The molecule has 2 aliphatic heterocycles. The molecule has 0 radical (unpaired) electrons. The van der Waals surface area contributed by atoms with Crippen LogP contribution < -0.4 is 10.2 Å². The van der Waals surface area contributed by atoms with E-state index >= 15 is 0 Å². The van der Waals surface area contributed by atoms with Crippen molar-refractivity contribution in [2.45, 2.75) is 76.3 Å². The van der Waals surface area contributed by atoms with Gasteiger partial charge in [0, 0.05) is 0 Å². The molecule has 1 unspecified atom stereocenters. The number of amides is 3. The molecule has 0 aromatic rings. The lowest BCUT2D eigenvalue weighted by Gasteiger charge is -2.34. The summed E-state index contributed by atoms with van der Waals surface area (Å²) in [6.07, 6.45) is 9.76. The molecule has 5 heteroatoms. The van der Waals surface area contributed by atoms with E-state index in [9.17, 15) is 9.59 Å². The van der Waals surface area contributed by atoms with Crippen LogP contribution in [0.4, 0.5) is 4.79 Å². The van der Waals surface area contributed by atoms with Crippen LogP contribution in [0.25, 0.3) is 0 Å². The number of quaternary nitrogens is 1. The van der Waals surface area contributed by atoms with Crippen molar-refractivity contribution in [3.63, 3.8) is 0 Å². The van der Waals surface area contributed by atoms with Gasteiger partial charge in [-0.05, 0) is 38.5 Å². The highest BCUT2D eigenvalue weighted by Gasteiger charge is 2.52. The minimum absolute atomic E-state index is 0.0418. The molecule has 0 aromatic heterocycles. The van der Waals surface area contributed by atoms with Crippen LogP contribution in [0.1, 0.15) is 64.7 Å². The summed E-state index contributed by atoms with van der Waals surface area (Å²) in [5, 5.41) is 3.02. The largest absolute Gasteiger partial charge is 0.329 e. The highest BCUT2D eigenvalue weighted by molar-refractivity contribution is 6.06. The van der Waals surface area contributed by atoms with Gasteiger partial charge in [0.25, 0.3) is 5.91 Å². The van der Waals surface area contributed by atoms with E-state index < -0.39 is 5.54 Å². The van der Waals surface area contributed by atoms with E-state index in [1.807, 2.05) is 0 Å². The first-order chi connectivity index (χ1) is 10.2. The van der Waals surface area contributed by atoms with Crippen molar-refractivity contribution >= 4 is 11.9 Å². The molecule has 2 saturated heterocycles. The maximum atomic E-state index is 12.8. The number of rotatable bonds is 3. The van der Waals surface area contributed by atoms with Gasteiger partial charge in [0.05, 0.1) is 12.6 Å². The molecular formula is C16H28N3O2+. The summed E-state index contributed by atoms with van der Waals surface area (Å²) in [6, 6.07) is 0.442. The fourth-order valence-corrected chi connectivity index (χ4v) is 4.37. The molecule has 2 heterocycles. The van der Waals surface area contributed by atoms with Gasteiger partial charge in [-0.15, -0.1) is 0 Å². The number of carbonyl (C=O) groups excluding carboxylic acids is 2. The molecule has 2 N–H and O–H groups in total. The van der Waals surface area contributed by atoms with Crippen LogP contribution in [-0.2, 0) is 4.79 Å². The first-order valence-corrected chi connectivity index (χ1v) is 8.65. The zero-order valence-electron chi connectivity index (χ0n) is 13.1. The Hall–Kier alpha value is -1.10. The maximum absolute atomic E-state index is 12.8. The summed E-state index contributed by atoms with van der Waals surface area (Å²) < 4.78 is 0. The zero-order valence-corrected chi connectivity index (χ0v) is 13.1. The normalized spacial score (nSPS) is 32.5. The Bertz CT molecular complexity index is 418. The smallest absolute Gasteiger partial charge is 0.323 e. The standard InChI is InChI=1S/C16H27N3O2/c1-2-13-8-4-7-11-18(13)12-19-14(20)16(17-15(19)21)9-5-3-6-10-16/h13H,2-12H2,1H3,(H,17,21)/p+1/t13-/m1/s1. The van der Waals surface area contributed by atoms with Crippen LogP contribution in [0.2, 0.25) is 0 Å². The molecule has 1 spiro atoms. The van der Waals surface area contributed by atoms with E-state index in [0.717, 1.165) is 38.6 Å². The van der Waals surface area contributed by atoms with Crippen molar-refractivity contribution in [2.24, 2.45) is 0 Å². The van der Waals surface area contributed by atoms with E-state index in [4.69, 9.17) is 0 Å². The highest BCUT2D eigenvalue weighted by Crippen LogP contribution is 2.33. The van der Waals surface area contributed by atoms with Gasteiger partial charge in [0.2, 0.25) is 0 Å². The quantitative estimate of drug-likeness (QED) is 0.764. The first kappa shape index (κ1) is 14.8. The van der Waals surface area contributed by atoms with Crippen molar-refractivity contribution < 1.29 is 14.5 Å². The van der Waals surface area contributed by atoms with Gasteiger partial charge in [-0.25, -0.2) is 9.69 Å². The fraction of sp³-hybridized carbons (Fsp3) is 0.875. The van der Waals surface area contributed by atoms with Crippen LogP contribution in [-0.4, -0.2) is 41.6 Å². The van der Waals surface area contributed by atoms with E-state index in [0.29, 0.717) is 12.7 Å². The number of urea groups is 1. The number of nitrogens with zero attached hydrogens (tertiary/aromatic N) is 1. The van der Waals surface area contributed by atoms with Gasteiger partial charge in [-0.1, -0.05) is 26.2 Å². The molecule has 3 amide bonds. The monoisotopic (exact) mass is 294 g/mol. The zero-order chi connectivity index (χ0) is 14.9. The van der Waals surface area contributed by atoms with Crippen molar-refractivity contribution in [3.05, 3.63) is 0 Å². The second kappa shape index (κ2) is 5.95. The number of piperidine rings is 1. The Morgan fingerprint density at radius 2 is 1.95 bits per heavy atom. The summed E-state index contributed by atoms with van der Waals surface area (Å²) >= 11 is 0. The number of carbonyl (C=O) groups is 2. The van der Waals surface area contributed by atoms with Gasteiger partial charge in [-0.2, -0.15) is 0 Å². The molecule has 3 rings (SSSR count). The topological polar surface area (TPSA) is 53.9 Å². The maximum Gasteiger partial charge on any atom is 0.329 e. The molecule has 118 valence electrons. The predicted molar refractivity (Wildman–Crippen MR) is 79.8 cm³/mol. The van der Waals surface area contributed by atoms with Crippen LogP contribution in [0.3, 0.4) is 0 Å². The van der Waals surface area contributed by atoms with E-state index in [1.165, 1.54) is 35.5 Å². The lowest BCUT2D eigenvalue weighted by molar-refractivity contribution is -0.937. The van der Waals surface area contributed by atoms with Crippen molar-refractivity contribution in [1.29, 1.82) is 0 Å². The summed E-state index contributed by atoms with van der Waals surface area (Å²) in [7, 11) is 0. The second-order valence-electron chi connectivity index (χ2n) is 6.97. The molecule has 2 atom stereocenters. The van der Waals surface area contributed by atoms with Gasteiger partial charge in [-0.3, -0.25) is 4.79 Å². The van der Waals surface area contributed by atoms with Crippen LogP contribution in [0.15, 0.2) is 0 Å². The third kappa shape index (κ3) is 2.68. The Morgan fingerprint density at radius 3 is 2.67 bits per heavy atom. The summed E-state index contributed by atoms with van der Waals surface area (Å²) in [6.45, 7) is 3.86. The Kier molecular flexibility index (Phi) is 4.20. The molecule has 1 aliphatic carbocycles. The van der Waals surface area contributed by atoms with Gasteiger partial charge >= 0.3 is 6.03 Å². The van der Waals surface area contributed by atoms with Crippen molar-refractivity contribution in [1.82, 2.24) is 10.2 Å². The number of imide groups is 1. The molecule has 0 bridgehead atoms. The van der Waals surface area contributed by atoms with Gasteiger partial charge < -0.3 is 10.2 Å². The lowest BCUT2D eigenvalue weighted by atomic mass is 9.82. The van der Waals surface area contributed by atoms with Crippen molar-refractivity contribution in [2.75, 3.05) is 13.2 Å². The number of hydrogen-bond donors (Lipinski definition) is 2. The summed E-state index contributed by atoms with van der Waals surface area (Å²) in [4.78, 5) is 28.0. The molecule has 5 nitrogen and oxygen atoms in total. The average molecular weight is 294 g/mol. The van der Waals surface area contributed by atoms with Crippen LogP contribution in [0.5, 0.6) is 0 Å². The number of likely N-dealkylation sites (tertiary alicyclic amines) is 1. The third-order valence-electron chi connectivity index (χ3n) is 5.68. The first-order valence-electron chi connectivity index (χ1n) is 8.65. The SMILES string of the molecule is CC[C@@H]1CCCC[NH+]1CN1C(=O)NC2(CCCCC2)C1=O. The van der Waals surface area contributed by atoms with E-state index in [2.05, 4.69) is 12.2 Å². The Labute approximate surface area is 127 Å². The van der Waals surface area contributed by atoms with Gasteiger partial charge in [0.1, 0.15) is 5.54 Å². The fourth-order valence-electron chi connectivity index (χ4n) is 4.37. The predicted octanol–water partition coefficient (Wildman–Crippen LogP) is 1.05. The minimum atomic E-state index is -0.563. The van der Waals surface area contributed by atoms with E-state index in [-0.39, 0.29) is 11.9 Å². The lowest BCUT2D eigenvalue weighted by Crippen LogP contribution is -3.18. The molecule has 0 aromatic carbocycles. The Morgan fingerprint density at radius 1 is 1.19 bits per heavy atom. The highest BCUT2D eigenvalue weighted by atomic mass is 16.2. The van der Waals surface area contributed by atoms with Gasteiger partial charge in [0.15, 0.2) is 6.67 Å². The average Bonchev–Trinajstić information content (AvgIpc) is 2.73. The summed E-state index contributed by atoms with van der Waals surface area (Å²) in [5.41, 5.74) is -0.563. The second-order valence-corrected chi connectivity index (χ2v) is 6.97. The molecule has 1 saturated carbocycles. The van der Waals surface area contributed by atoms with E-state index in [1.54, 1.807) is 0 Å². The third-order valence-corrected chi connectivity index (χ3v) is 5.68. The molecule has 3 aliphatic rings. The number of nitrogens with one attached hydrogen (secondary N) is 2. The molecular weight excluding hydrogens is 266 g/mol. The molecule has 21 heavy (non-hydrogen) atoms. The van der Waals surface area contributed by atoms with Crippen molar-refractivity contribution in [3.8, 4) is 0 Å².